The van der Waals surface area contributed by atoms with Gasteiger partial charge in [0.05, 0.1) is 12.6 Å². The van der Waals surface area contributed by atoms with Crippen LogP contribution < -0.4 is 10.6 Å². The van der Waals surface area contributed by atoms with Gasteiger partial charge in [-0.15, -0.1) is 0 Å². The molecule has 0 radical (unpaired) electrons. The smallest absolute Gasteiger partial charge is 0.0670 e. The first kappa shape index (κ1) is 11.7. The number of anilines is 1. The highest BCUT2D eigenvalue weighted by atomic mass is 35.5. The maximum atomic E-state index is 5.89. The molecule has 4 heteroatoms. The molecule has 1 aliphatic rings. The summed E-state index contributed by atoms with van der Waals surface area (Å²) in [5.74, 6) is 0. The van der Waals surface area contributed by atoms with Crippen LogP contribution in [0.5, 0.6) is 0 Å². The van der Waals surface area contributed by atoms with E-state index in [9.17, 15) is 0 Å². The lowest BCUT2D eigenvalue weighted by atomic mass is 10.2. The number of nitrogens with zero attached hydrogens (tertiary/aromatic N) is 1. The maximum Gasteiger partial charge on any atom is 0.0670 e. The van der Waals surface area contributed by atoms with Crippen molar-refractivity contribution in [3.8, 4) is 0 Å². The maximum absolute atomic E-state index is 5.89. The van der Waals surface area contributed by atoms with Gasteiger partial charge >= 0.3 is 0 Å². The highest BCUT2D eigenvalue weighted by Crippen LogP contribution is 2.23. The van der Waals surface area contributed by atoms with Gasteiger partial charge in [-0.3, -0.25) is 0 Å². The molecule has 1 fully saturated rings. The minimum Gasteiger partial charge on any atom is -0.379 e. The van der Waals surface area contributed by atoms with E-state index in [0.717, 1.165) is 31.2 Å². The fourth-order valence-electron chi connectivity index (χ4n) is 2.06. The molecule has 0 bridgehead atoms. The quantitative estimate of drug-likeness (QED) is 0.874. The fraction of sp³-hybridized carbons (Fsp3) is 0.500. The molecular weight excluding hydrogens is 224 g/mol. The van der Waals surface area contributed by atoms with E-state index < -0.39 is 0 Å². The Morgan fingerprint density at radius 1 is 1.38 bits per heavy atom. The minimum atomic E-state index is 0.449. The van der Waals surface area contributed by atoms with Gasteiger partial charge in [0, 0.05) is 30.4 Å². The number of rotatable bonds is 4. The molecule has 0 aromatic heterocycles. The second kappa shape index (κ2) is 5.53. The lowest BCUT2D eigenvalue weighted by molar-refractivity contribution is 0.193. The van der Waals surface area contributed by atoms with Crippen molar-refractivity contribution in [3.05, 3.63) is 29.3 Å². The van der Waals surface area contributed by atoms with Crippen LogP contribution in [-0.4, -0.2) is 32.3 Å². The summed E-state index contributed by atoms with van der Waals surface area (Å²) in [7, 11) is 0. The molecule has 1 aromatic carbocycles. The molecular formula is C12H17ClN2O. The summed E-state index contributed by atoms with van der Waals surface area (Å²) in [6.07, 6.45) is 1.07. The van der Waals surface area contributed by atoms with Crippen molar-refractivity contribution in [2.24, 2.45) is 5.73 Å². The first-order valence-electron chi connectivity index (χ1n) is 5.61. The van der Waals surface area contributed by atoms with Gasteiger partial charge in [-0.2, -0.15) is 0 Å². The monoisotopic (exact) mass is 240 g/mol. The number of nitrogens with two attached hydrogens (primary N) is 1. The third-order valence-corrected chi connectivity index (χ3v) is 3.13. The molecule has 0 spiro atoms. The van der Waals surface area contributed by atoms with Crippen LogP contribution in [0.3, 0.4) is 0 Å². The van der Waals surface area contributed by atoms with E-state index in [1.54, 1.807) is 0 Å². The number of hydrogen-bond donors (Lipinski definition) is 1. The summed E-state index contributed by atoms with van der Waals surface area (Å²) >= 11 is 5.89. The van der Waals surface area contributed by atoms with Crippen molar-refractivity contribution in [2.45, 2.75) is 12.5 Å². The van der Waals surface area contributed by atoms with Gasteiger partial charge in [0.25, 0.3) is 0 Å². The van der Waals surface area contributed by atoms with Crippen LogP contribution >= 0.6 is 11.6 Å². The first-order chi connectivity index (χ1) is 7.81. The van der Waals surface area contributed by atoms with E-state index in [1.807, 2.05) is 24.3 Å². The summed E-state index contributed by atoms with van der Waals surface area (Å²) in [5, 5.41) is 0.763. The molecule has 2 rings (SSSR count). The van der Waals surface area contributed by atoms with Crippen molar-refractivity contribution in [2.75, 3.05) is 31.2 Å². The summed E-state index contributed by atoms with van der Waals surface area (Å²) in [5.41, 5.74) is 6.83. The molecule has 0 aliphatic carbocycles. The topological polar surface area (TPSA) is 38.5 Å². The van der Waals surface area contributed by atoms with Crippen LogP contribution in [0.25, 0.3) is 0 Å². The van der Waals surface area contributed by atoms with E-state index in [1.165, 1.54) is 5.69 Å². The summed E-state index contributed by atoms with van der Waals surface area (Å²) in [4.78, 5) is 2.31. The van der Waals surface area contributed by atoms with Crippen molar-refractivity contribution in [1.29, 1.82) is 0 Å². The fourth-order valence-corrected chi connectivity index (χ4v) is 2.19. The number of halogens is 1. The SMILES string of the molecule is NCCN(c1ccc(Cl)cc1)C1CCOC1. The third-order valence-electron chi connectivity index (χ3n) is 2.87. The molecule has 1 unspecified atom stereocenters. The first-order valence-corrected chi connectivity index (χ1v) is 5.99. The minimum absolute atomic E-state index is 0.449. The van der Waals surface area contributed by atoms with E-state index in [-0.39, 0.29) is 0 Å². The Bertz CT molecular complexity index is 322. The molecule has 1 saturated heterocycles. The normalized spacial score (nSPS) is 20.0. The van der Waals surface area contributed by atoms with Gasteiger partial charge < -0.3 is 15.4 Å². The highest BCUT2D eigenvalue weighted by molar-refractivity contribution is 6.30. The number of hydrogen-bond acceptors (Lipinski definition) is 3. The second-order valence-electron chi connectivity index (χ2n) is 3.98. The number of benzene rings is 1. The molecule has 1 aromatic rings. The van der Waals surface area contributed by atoms with Gasteiger partial charge in [0.15, 0.2) is 0 Å². The zero-order valence-electron chi connectivity index (χ0n) is 9.23. The summed E-state index contributed by atoms with van der Waals surface area (Å²) in [6.45, 7) is 3.15. The van der Waals surface area contributed by atoms with Crippen molar-refractivity contribution in [3.63, 3.8) is 0 Å². The number of ether oxygens (including phenoxy) is 1. The zero-order valence-corrected chi connectivity index (χ0v) is 9.99. The lowest BCUT2D eigenvalue weighted by Gasteiger charge is -2.29. The standard InChI is InChI=1S/C12H17ClN2O/c13-10-1-3-11(4-2-10)15(7-6-14)12-5-8-16-9-12/h1-4,12H,5-9,14H2. The van der Waals surface area contributed by atoms with Crippen LogP contribution in [0.15, 0.2) is 24.3 Å². The molecule has 88 valence electrons. The second-order valence-corrected chi connectivity index (χ2v) is 4.41. The zero-order chi connectivity index (χ0) is 11.4. The summed E-state index contributed by atoms with van der Waals surface area (Å²) in [6, 6.07) is 8.35. The van der Waals surface area contributed by atoms with Crippen LogP contribution in [0.4, 0.5) is 5.69 Å². The third kappa shape index (κ3) is 2.67. The van der Waals surface area contributed by atoms with Crippen molar-refractivity contribution >= 4 is 17.3 Å². The van der Waals surface area contributed by atoms with Crippen LogP contribution in [-0.2, 0) is 4.74 Å². The molecule has 0 saturated carbocycles. The predicted molar refractivity (Wildman–Crippen MR) is 67.1 cm³/mol. The summed E-state index contributed by atoms with van der Waals surface area (Å²) < 4.78 is 5.42. The Morgan fingerprint density at radius 2 is 2.12 bits per heavy atom. The van der Waals surface area contributed by atoms with E-state index in [2.05, 4.69) is 4.90 Å². The Labute approximate surface area is 101 Å². The van der Waals surface area contributed by atoms with Crippen LogP contribution in [0.2, 0.25) is 5.02 Å². The molecule has 1 aliphatic heterocycles. The predicted octanol–water partition coefficient (Wildman–Crippen LogP) is 1.89. The Kier molecular flexibility index (Phi) is 4.04. The van der Waals surface area contributed by atoms with Gasteiger partial charge in [-0.1, -0.05) is 11.6 Å². The highest BCUT2D eigenvalue weighted by Gasteiger charge is 2.22. The Balaban J connectivity index is 2.14. The molecule has 16 heavy (non-hydrogen) atoms. The van der Waals surface area contributed by atoms with Gasteiger partial charge in [0.1, 0.15) is 0 Å². The Hall–Kier alpha value is -0.770. The molecule has 1 heterocycles. The van der Waals surface area contributed by atoms with Crippen molar-refractivity contribution in [1.82, 2.24) is 0 Å². The largest absolute Gasteiger partial charge is 0.379 e. The van der Waals surface area contributed by atoms with Gasteiger partial charge in [-0.05, 0) is 30.7 Å². The average Bonchev–Trinajstić information content (AvgIpc) is 2.81. The molecule has 3 nitrogen and oxygen atoms in total. The Morgan fingerprint density at radius 3 is 2.69 bits per heavy atom. The van der Waals surface area contributed by atoms with E-state index in [4.69, 9.17) is 22.1 Å². The van der Waals surface area contributed by atoms with E-state index in [0.29, 0.717) is 12.6 Å². The van der Waals surface area contributed by atoms with Crippen LogP contribution in [0, 0.1) is 0 Å². The molecule has 2 N–H and O–H groups in total. The average molecular weight is 241 g/mol. The molecule has 0 amide bonds. The van der Waals surface area contributed by atoms with Crippen molar-refractivity contribution < 1.29 is 4.74 Å². The van der Waals surface area contributed by atoms with Gasteiger partial charge in [-0.25, -0.2) is 0 Å². The van der Waals surface area contributed by atoms with E-state index >= 15 is 0 Å². The molecule has 1 atom stereocenters. The lowest BCUT2D eigenvalue weighted by Crippen LogP contribution is -2.39. The van der Waals surface area contributed by atoms with Crippen LogP contribution in [0.1, 0.15) is 6.42 Å². The van der Waals surface area contributed by atoms with Gasteiger partial charge in [0.2, 0.25) is 0 Å².